The molecule has 1 fully saturated rings. The van der Waals surface area contributed by atoms with Crippen LogP contribution in [0.1, 0.15) is 52.8 Å². The fourth-order valence-corrected chi connectivity index (χ4v) is 3.38. The van der Waals surface area contributed by atoms with Crippen LogP contribution in [0, 0.1) is 5.41 Å². The monoisotopic (exact) mass is 300 g/mol. The van der Waals surface area contributed by atoms with Gasteiger partial charge in [0.05, 0.1) is 0 Å². The number of pyridine rings is 1. The van der Waals surface area contributed by atoms with Gasteiger partial charge in [0.1, 0.15) is 11.3 Å². The van der Waals surface area contributed by atoms with Gasteiger partial charge >= 0.3 is 0 Å². The molecule has 3 rings (SSSR count). The van der Waals surface area contributed by atoms with E-state index in [1.54, 1.807) is 0 Å². The number of nitrogens with zero attached hydrogens (tertiary/aromatic N) is 4. The molecule has 0 radical (unpaired) electrons. The molecular weight excluding hydrogens is 272 g/mol. The summed E-state index contributed by atoms with van der Waals surface area (Å²) in [5.41, 5.74) is 2.29. The molecule has 1 aliphatic heterocycles. The summed E-state index contributed by atoms with van der Waals surface area (Å²) < 4.78 is 2.36. The summed E-state index contributed by atoms with van der Waals surface area (Å²) in [7, 11) is 0. The second-order valence-corrected chi connectivity index (χ2v) is 8.04. The van der Waals surface area contributed by atoms with Crippen LogP contribution in [-0.2, 0) is 6.54 Å². The maximum absolute atomic E-state index is 4.95. The van der Waals surface area contributed by atoms with Crippen LogP contribution in [0.15, 0.2) is 18.3 Å². The Kier molecular flexibility index (Phi) is 3.98. The Morgan fingerprint density at radius 2 is 2.09 bits per heavy atom. The number of rotatable bonds is 3. The number of hydrogen-bond donors (Lipinski definition) is 0. The van der Waals surface area contributed by atoms with Gasteiger partial charge in [-0.3, -0.25) is 0 Å². The Labute approximate surface area is 133 Å². The Balaban J connectivity index is 2.00. The first-order chi connectivity index (χ1) is 10.3. The lowest BCUT2D eigenvalue weighted by atomic mass is 9.96. The molecule has 4 nitrogen and oxygen atoms in total. The second-order valence-electron chi connectivity index (χ2n) is 8.04. The molecule has 4 heteroatoms. The molecule has 2 aromatic rings. The molecule has 0 saturated carbocycles. The van der Waals surface area contributed by atoms with Gasteiger partial charge in [-0.05, 0) is 44.4 Å². The normalized spacial score (nSPS) is 20.4. The van der Waals surface area contributed by atoms with E-state index < -0.39 is 0 Å². The average Bonchev–Trinajstić information content (AvgIpc) is 3.02. The summed E-state index contributed by atoms with van der Waals surface area (Å²) in [6.45, 7) is 14.7. The SMILES string of the molecule is CC(C)N1CCC(c2nc3cccnc3n2CC(C)(C)C)C1. The van der Waals surface area contributed by atoms with E-state index in [4.69, 9.17) is 4.98 Å². The third-order valence-electron chi connectivity index (χ3n) is 4.48. The molecule has 0 N–H and O–H groups in total. The molecule has 0 amide bonds. The minimum absolute atomic E-state index is 0.218. The fraction of sp³-hybridized carbons (Fsp3) is 0.667. The average molecular weight is 300 g/mol. The highest BCUT2D eigenvalue weighted by atomic mass is 15.2. The van der Waals surface area contributed by atoms with E-state index in [1.807, 2.05) is 12.3 Å². The largest absolute Gasteiger partial charge is 0.312 e. The summed E-state index contributed by atoms with van der Waals surface area (Å²) in [5, 5.41) is 0. The Hall–Kier alpha value is -1.42. The fourth-order valence-electron chi connectivity index (χ4n) is 3.38. The Bertz CT molecular complexity index is 651. The summed E-state index contributed by atoms with van der Waals surface area (Å²) in [5.74, 6) is 1.76. The number of hydrogen-bond acceptors (Lipinski definition) is 3. The Morgan fingerprint density at radius 3 is 2.73 bits per heavy atom. The van der Waals surface area contributed by atoms with Crippen molar-refractivity contribution in [1.29, 1.82) is 0 Å². The standard InChI is InChI=1S/C18H28N4/c1-13(2)21-10-8-14(11-21)16-20-15-7-6-9-19-17(15)22(16)12-18(3,4)5/h6-7,9,13-14H,8,10-12H2,1-5H3. The molecular formula is C18H28N4. The van der Waals surface area contributed by atoms with Gasteiger partial charge in [-0.2, -0.15) is 0 Å². The van der Waals surface area contributed by atoms with Gasteiger partial charge in [0.25, 0.3) is 0 Å². The lowest BCUT2D eigenvalue weighted by Gasteiger charge is -2.23. The zero-order valence-corrected chi connectivity index (χ0v) is 14.5. The second kappa shape index (κ2) is 5.65. The lowest BCUT2D eigenvalue weighted by Crippen LogP contribution is -2.28. The van der Waals surface area contributed by atoms with Gasteiger partial charge in [0.15, 0.2) is 5.65 Å². The van der Waals surface area contributed by atoms with Gasteiger partial charge < -0.3 is 9.47 Å². The van der Waals surface area contributed by atoms with E-state index in [1.165, 1.54) is 18.8 Å². The molecule has 1 saturated heterocycles. The van der Waals surface area contributed by atoms with Crippen molar-refractivity contribution in [3.63, 3.8) is 0 Å². The zero-order valence-electron chi connectivity index (χ0n) is 14.5. The van der Waals surface area contributed by atoms with Crippen molar-refractivity contribution in [3.05, 3.63) is 24.2 Å². The third kappa shape index (κ3) is 3.02. The van der Waals surface area contributed by atoms with E-state index in [9.17, 15) is 0 Å². The molecule has 1 atom stereocenters. The topological polar surface area (TPSA) is 34.0 Å². The zero-order chi connectivity index (χ0) is 15.9. The van der Waals surface area contributed by atoms with Gasteiger partial charge in [-0.1, -0.05) is 20.8 Å². The van der Waals surface area contributed by atoms with Crippen molar-refractivity contribution in [2.24, 2.45) is 5.41 Å². The number of fused-ring (bicyclic) bond motifs is 1. The maximum Gasteiger partial charge on any atom is 0.160 e. The van der Waals surface area contributed by atoms with Crippen molar-refractivity contribution in [1.82, 2.24) is 19.4 Å². The summed E-state index contributed by atoms with van der Waals surface area (Å²) >= 11 is 0. The maximum atomic E-state index is 4.95. The van der Waals surface area contributed by atoms with Crippen LogP contribution in [0.4, 0.5) is 0 Å². The van der Waals surface area contributed by atoms with E-state index in [0.29, 0.717) is 12.0 Å². The van der Waals surface area contributed by atoms with Crippen molar-refractivity contribution < 1.29 is 0 Å². The predicted molar refractivity (Wildman–Crippen MR) is 91.1 cm³/mol. The molecule has 0 bridgehead atoms. The molecule has 1 unspecified atom stereocenters. The summed E-state index contributed by atoms with van der Waals surface area (Å²) in [6, 6.07) is 4.68. The van der Waals surface area contributed by atoms with Crippen molar-refractivity contribution >= 4 is 11.2 Å². The van der Waals surface area contributed by atoms with Gasteiger partial charge in [-0.15, -0.1) is 0 Å². The molecule has 3 heterocycles. The first-order valence-electron chi connectivity index (χ1n) is 8.40. The number of likely N-dealkylation sites (tertiary alicyclic amines) is 1. The minimum atomic E-state index is 0.218. The summed E-state index contributed by atoms with van der Waals surface area (Å²) in [6.07, 6.45) is 3.08. The molecule has 2 aromatic heterocycles. The van der Waals surface area contributed by atoms with Crippen LogP contribution in [0.5, 0.6) is 0 Å². The quantitative estimate of drug-likeness (QED) is 0.867. The molecule has 22 heavy (non-hydrogen) atoms. The van der Waals surface area contributed by atoms with E-state index in [0.717, 1.165) is 24.3 Å². The smallest absolute Gasteiger partial charge is 0.160 e. The molecule has 0 spiro atoms. The Morgan fingerprint density at radius 1 is 1.32 bits per heavy atom. The third-order valence-corrected chi connectivity index (χ3v) is 4.48. The first kappa shape index (κ1) is 15.5. The van der Waals surface area contributed by atoms with Crippen molar-refractivity contribution in [3.8, 4) is 0 Å². The van der Waals surface area contributed by atoms with Crippen LogP contribution >= 0.6 is 0 Å². The number of imidazole rings is 1. The van der Waals surface area contributed by atoms with Gasteiger partial charge in [0.2, 0.25) is 0 Å². The van der Waals surface area contributed by atoms with E-state index >= 15 is 0 Å². The van der Waals surface area contributed by atoms with E-state index in [2.05, 4.69) is 55.1 Å². The highest BCUT2D eigenvalue weighted by molar-refractivity contribution is 5.71. The van der Waals surface area contributed by atoms with E-state index in [-0.39, 0.29) is 5.41 Å². The molecule has 120 valence electrons. The van der Waals surface area contributed by atoms with Crippen LogP contribution in [0.3, 0.4) is 0 Å². The van der Waals surface area contributed by atoms with Crippen LogP contribution in [0.25, 0.3) is 11.2 Å². The van der Waals surface area contributed by atoms with Crippen LogP contribution < -0.4 is 0 Å². The van der Waals surface area contributed by atoms with Crippen molar-refractivity contribution in [2.75, 3.05) is 13.1 Å². The predicted octanol–water partition coefficient (Wildman–Crippen LogP) is 3.68. The molecule has 1 aliphatic rings. The highest BCUT2D eigenvalue weighted by Gasteiger charge is 2.30. The van der Waals surface area contributed by atoms with Crippen molar-refractivity contribution in [2.45, 2.75) is 59.5 Å². The van der Waals surface area contributed by atoms with Gasteiger partial charge in [-0.25, -0.2) is 9.97 Å². The summed E-state index contributed by atoms with van der Waals surface area (Å²) in [4.78, 5) is 12.1. The first-order valence-corrected chi connectivity index (χ1v) is 8.40. The lowest BCUT2D eigenvalue weighted by molar-refractivity contribution is 0.270. The minimum Gasteiger partial charge on any atom is -0.312 e. The van der Waals surface area contributed by atoms with Crippen LogP contribution in [0.2, 0.25) is 0 Å². The molecule has 0 aromatic carbocycles. The van der Waals surface area contributed by atoms with Crippen LogP contribution in [-0.4, -0.2) is 38.6 Å². The molecule has 0 aliphatic carbocycles. The van der Waals surface area contributed by atoms with Gasteiger partial charge in [0, 0.05) is 31.2 Å². The number of aromatic nitrogens is 3. The highest BCUT2D eigenvalue weighted by Crippen LogP contribution is 2.31.